The number of halogens is 3. The molecular weight excluding hydrogens is 511 g/mol. The minimum atomic E-state index is -0.802. The lowest BCUT2D eigenvalue weighted by Crippen LogP contribution is -2.54. The van der Waals surface area contributed by atoms with Crippen molar-refractivity contribution in [3.63, 3.8) is 0 Å². The SMILES string of the molecule is CCc1ccc(N2C(=O)NC(=O)/C(=C\c3ccc(OCc4ccc(Cl)cc4Cl)c(Cl)c3)C2=O)cc1. The molecule has 6 nitrogen and oxygen atoms in total. The van der Waals surface area contributed by atoms with Gasteiger partial charge in [-0.05, 0) is 60.0 Å². The molecule has 4 amide bonds. The Bertz CT molecular complexity index is 1350. The maximum absolute atomic E-state index is 13.1. The smallest absolute Gasteiger partial charge is 0.335 e. The summed E-state index contributed by atoms with van der Waals surface area (Å²) in [6.07, 6.45) is 2.19. The molecule has 0 saturated carbocycles. The zero-order valence-electron chi connectivity index (χ0n) is 18.5. The number of carbonyl (C=O) groups is 3. The maximum atomic E-state index is 13.1. The molecule has 3 aromatic rings. The molecule has 0 aliphatic carbocycles. The summed E-state index contributed by atoms with van der Waals surface area (Å²) in [5.74, 6) is -1.11. The molecule has 1 fully saturated rings. The van der Waals surface area contributed by atoms with Gasteiger partial charge >= 0.3 is 6.03 Å². The Labute approximate surface area is 217 Å². The summed E-state index contributed by atoms with van der Waals surface area (Å²) in [6, 6.07) is 16.1. The van der Waals surface area contributed by atoms with E-state index in [0.29, 0.717) is 27.0 Å². The van der Waals surface area contributed by atoms with Gasteiger partial charge < -0.3 is 4.74 Å². The van der Waals surface area contributed by atoms with E-state index in [4.69, 9.17) is 39.5 Å². The Balaban J connectivity index is 1.55. The van der Waals surface area contributed by atoms with Gasteiger partial charge in [0.15, 0.2) is 0 Å². The van der Waals surface area contributed by atoms with Gasteiger partial charge in [0.2, 0.25) is 0 Å². The number of hydrogen-bond acceptors (Lipinski definition) is 4. The molecule has 1 heterocycles. The molecule has 0 aromatic heterocycles. The number of amides is 4. The standard InChI is InChI=1S/C26H19Cl3N2O4/c1-2-15-3-8-19(9-4-15)31-25(33)20(24(32)30-26(31)34)11-16-5-10-23(22(29)12-16)35-14-17-6-7-18(27)13-21(17)28/h3-13H,2,14H2,1H3,(H,30,32,34)/b20-11+. The number of nitrogens with zero attached hydrogens (tertiary/aromatic N) is 1. The number of barbiturate groups is 1. The topological polar surface area (TPSA) is 75.7 Å². The fourth-order valence-corrected chi connectivity index (χ4v) is 4.16. The van der Waals surface area contributed by atoms with Gasteiger partial charge in [0.05, 0.1) is 10.7 Å². The van der Waals surface area contributed by atoms with Crippen molar-refractivity contribution in [2.75, 3.05) is 4.90 Å². The summed E-state index contributed by atoms with van der Waals surface area (Å²) in [5.41, 5.74) is 2.45. The van der Waals surface area contributed by atoms with Crippen LogP contribution in [0.2, 0.25) is 15.1 Å². The molecule has 0 atom stereocenters. The summed E-state index contributed by atoms with van der Waals surface area (Å²) in [5, 5.41) is 3.48. The first-order chi connectivity index (χ1) is 16.8. The molecule has 0 bridgehead atoms. The van der Waals surface area contributed by atoms with Gasteiger partial charge in [-0.25, -0.2) is 9.69 Å². The lowest BCUT2D eigenvalue weighted by molar-refractivity contribution is -0.122. The molecular formula is C26H19Cl3N2O4. The number of anilines is 1. The van der Waals surface area contributed by atoms with Crippen molar-refractivity contribution < 1.29 is 19.1 Å². The van der Waals surface area contributed by atoms with Crippen LogP contribution in [0.15, 0.2) is 66.2 Å². The molecule has 3 aromatic carbocycles. The third kappa shape index (κ3) is 5.51. The molecule has 1 aliphatic rings. The van der Waals surface area contributed by atoms with Gasteiger partial charge in [-0.15, -0.1) is 0 Å². The van der Waals surface area contributed by atoms with Gasteiger partial charge in [0.1, 0.15) is 17.9 Å². The van der Waals surface area contributed by atoms with E-state index in [1.165, 1.54) is 6.08 Å². The molecule has 0 unspecified atom stereocenters. The molecule has 178 valence electrons. The van der Waals surface area contributed by atoms with Gasteiger partial charge in [-0.3, -0.25) is 14.9 Å². The first-order valence-corrected chi connectivity index (χ1v) is 11.8. The third-order valence-corrected chi connectivity index (χ3v) is 6.25. The quantitative estimate of drug-likeness (QED) is 0.294. The maximum Gasteiger partial charge on any atom is 0.335 e. The van der Waals surface area contributed by atoms with Crippen LogP contribution in [0.5, 0.6) is 5.75 Å². The van der Waals surface area contributed by atoms with Crippen LogP contribution < -0.4 is 15.0 Å². The second-order valence-electron chi connectivity index (χ2n) is 7.69. The average Bonchev–Trinajstić information content (AvgIpc) is 2.82. The summed E-state index contributed by atoms with van der Waals surface area (Å²) in [6.45, 7) is 2.17. The second kappa shape index (κ2) is 10.5. The van der Waals surface area contributed by atoms with E-state index in [1.54, 1.807) is 48.5 Å². The van der Waals surface area contributed by atoms with E-state index >= 15 is 0 Å². The van der Waals surface area contributed by atoms with Crippen molar-refractivity contribution in [1.29, 1.82) is 0 Å². The van der Waals surface area contributed by atoms with Gasteiger partial charge in [0.25, 0.3) is 11.8 Å². The molecule has 1 N–H and O–H groups in total. The first kappa shape index (κ1) is 24.8. The monoisotopic (exact) mass is 528 g/mol. The predicted molar refractivity (Wildman–Crippen MR) is 137 cm³/mol. The van der Waals surface area contributed by atoms with E-state index in [9.17, 15) is 14.4 Å². The van der Waals surface area contributed by atoms with Crippen molar-refractivity contribution in [2.24, 2.45) is 0 Å². The predicted octanol–water partition coefficient (Wildman–Crippen LogP) is 6.45. The first-order valence-electron chi connectivity index (χ1n) is 10.6. The molecule has 9 heteroatoms. The van der Waals surface area contributed by atoms with Crippen LogP contribution in [-0.4, -0.2) is 17.8 Å². The van der Waals surface area contributed by atoms with E-state index in [2.05, 4.69) is 5.32 Å². The Morgan fingerprint density at radius 1 is 0.914 bits per heavy atom. The van der Waals surface area contributed by atoms with Crippen LogP contribution in [-0.2, 0) is 22.6 Å². The van der Waals surface area contributed by atoms with Crippen molar-refractivity contribution in [3.8, 4) is 5.75 Å². The highest BCUT2D eigenvalue weighted by molar-refractivity contribution is 6.39. The van der Waals surface area contributed by atoms with E-state index < -0.39 is 17.8 Å². The Kier molecular flexibility index (Phi) is 7.45. The number of aryl methyl sites for hydroxylation is 1. The van der Waals surface area contributed by atoms with Crippen LogP contribution in [0, 0.1) is 0 Å². The number of benzene rings is 3. The Morgan fingerprint density at radius 3 is 2.31 bits per heavy atom. The lowest BCUT2D eigenvalue weighted by Gasteiger charge is -2.26. The van der Waals surface area contributed by atoms with Crippen LogP contribution in [0.4, 0.5) is 10.5 Å². The Morgan fingerprint density at radius 2 is 1.66 bits per heavy atom. The highest BCUT2D eigenvalue weighted by atomic mass is 35.5. The number of urea groups is 1. The highest BCUT2D eigenvalue weighted by Crippen LogP contribution is 2.30. The molecule has 35 heavy (non-hydrogen) atoms. The number of nitrogens with one attached hydrogen (secondary N) is 1. The summed E-state index contributed by atoms with van der Waals surface area (Å²) >= 11 is 18.5. The number of rotatable bonds is 6. The zero-order valence-corrected chi connectivity index (χ0v) is 20.7. The van der Waals surface area contributed by atoms with Crippen LogP contribution in [0.3, 0.4) is 0 Å². The minimum absolute atomic E-state index is 0.172. The number of hydrogen-bond donors (Lipinski definition) is 1. The normalized spacial score (nSPS) is 14.9. The van der Waals surface area contributed by atoms with Crippen molar-refractivity contribution >= 4 is 64.4 Å². The third-order valence-electron chi connectivity index (χ3n) is 5.37. The number of imide groups is 2. The molecule has 1 aliphatic heterocycles. The van der Waals surface area contributed by atoms with Crippen molar-refractivity contribution in [3.05, 3.63) is 98.0 Å². The van der Waals surface area contributed by atoms with Crippen LogP contribution >= 0.6 is 34.8 Å². The second-order valence-corrected chi connectivity index (χ2v) is 8.94. The minimum Gasteiger partial charge on any atom is -0.487 e. The fraction of sp³-hybridized carbons (Fsp3) is 0.115. The Hall–Kier alpha value is -3.32. The molecule has 1 saturated heterocycles. The molecule has 0 radical (unpaired) electrons. The average molecular weight is 530 g/mol. The van der Waals surface area contributed by atoms with Crippen LogP contribution in [0.25, 0.3) is 6.08 Å². The van der Waals surface area contributed by atoms with E-state index in [0.717, 1.165) is 22.4 Å². The summed E-state index contributed by atoms with van der Waals surface area (Å²) < 4.78 is 5.76. The lowest BCUT2D eigenvalue weighted by atomic mass is 10.1. The van der Waals surface area contributed by atoms with Crippen molar-refractivity contribution in [2.45, 2.75) is 20.0 Å². The summed E-state index contributed by atoms with van der Waals surface area (Å²) in [4.78, 5) is 38.8. The van der Waals surface area contributed by atoms with Gasteiger partial charge in [0, 0.05) is 15.6 Å². The van der Waals surface area contributed by atoms with Gasteiger partial charge in [-0.2, -0.15) is 0 Å². The number of ether oxygens (including phenoxy) is 1. The van der Waals surface area contributed by atoms with Gasteiger partial charge in [-0.1, -0.05) is 66.0 Å². The van der Waals surface area contributed by atoms with E-state index in [1.807, 2.05) is 19.1 Å². The summed E-state index contributed by atoms with van der Waals surface area (Å²) in [7, 11) is 0. The highest BCUT2D eigenvalue weighted by Gasteiger charge is 2.36. The number of carbonyl (C=O) groups excluding carboxylic acids is 3. The molecule has 4 rings (SSSR count). The van der Waals surface area contributed by atoms with Crippen LogP contribution in [0.1, 0.15) is 23.6 Å². The zero-order chi connectivity index (χ0) is 25.1. The van der Waals surface area contributed by atoms with Crippen molar-refractivity contribution in [1.82, 2.24) is 5.32 Å². The van der Waals surface area contributed by atoms with E-state index in [-0.39, 0.29) is 17.2 Å². The largest absolute Gasteiger partial charge is 0.487 e. The fourth-order valence-electron chi connectivity index (χ4n) is 3.46. The molecule has 0 spiro atoms.